The Labute approximate surface area is 178 Å². The molecular weight excluding hydrogens is 390 g/mol. The van der Waals surface area contributed by atoms with Crippen LogP contribution in [0, 0.1) is 0 Å². The Morgan fingerprint density at radius 2 is 1.37 bits per heavy atom. The molecule has 2 heterocycles. The van der Waals surface area contributed by atoms with Crippen LogP contribution in [0.15, 0.2) is 11.8 Å². The van der Waals surface area contributed by atoms with Gasteiger partial charge in [-0.25, -0.2) is 9.59 Å². The van der Waals surface area contributed by atoms with E-state index < -0.39 is 23.4 Å². The number of carbonyl (C=O) groups is 4. The van der Waals surface area contributed by atoms with E-state index in [1.807, 2.05) is 34.9 Å². The number of amides is 2. The van der Waals surface area contributed by atoms with Crippen molar-refractivity contribution in [3.8, 4) is 0 Å². The van der Waals surface area contributed by atoms with Crippen molar-refractivity contribution in [2.45, 2.75) is 59.2 Å². The fourth-order valence-electron chi connectivity index (χ4n) is 2.62. The first-order valence-corrected chi connectivity index (χ1v) is 9.95. The second-order valence-electron chi connectivity index (χ2n) is 9.57. The van der Waals surface area contributed by atoms with Gasteiger partial charge in [0.25, 0.3) is 0 Å². The molecule has 9 heteroatoms. The van der Waals surface area contributed by atoms with E-state index in [1.54, 1.807) is 31.9 Å². The molecular formula is C21H35N3O6. The Hall–Kier alpha value is -2.58. The summed E-state index contributed by atoms with van der Waals surface area (Å²) in [5, 5.41) is 0. The molecule has 2 aliphatic rings. The third-order valence-corrected chi connectivity index (χ3v) is 3.80. The van der Waals surface area contributed by atoms with Gasteiger partial charge in [0.15, 0.2) is 11.6 Å². The van der Waals surface area contributed by atoms with E-state index >= 15 is 0 Å². The molecule has 0 aromatic rings. The third-order valence-electron chi connectivity index (χ3n) is 3.80. The molecule has 0 saturated carbocycles. The summed E-state index contributed by atoms with van der Waals surface area (Å²) >= 11 is 0. The Bertz CT molecular complexity index is 701. The van der Waals surface area contributed by atoms with Crippen molar-refractivity contribution in [1.29, 1.82) is 0 Å². The molecule has 0 radical (unpaired) electrons. The molecule has 0 unspecified atom stereocenters. The maximum Gasteiger partial charge on any atom is 0.411 e. The number of hydrogen-bond acceptors (Lipinski definition) is 7. The summed E-state index contributed by atoms with van der Waals surface area (Å²) in [5.41, 5.74) is -0.377. The monoisotopic (exact) mass is 425 g/mol. The van der Waals surface area contributed by atoms with Gasteiger partial charge in [0.05, 0.1) is 19.6 Å². The Kier molecular flexibility index (Phi) is 8.44. The zero-order chi connectivity index (χ0) is 23.3. The molecule has 0 N–H and O–H groups in total. The normalized spacial score (nSPS) is 18.3. The molecule has 0 spiro atoms. The zero-order valence-electron chi connectivity index (χ0n) is 19.4. The average molecular weight is 426 g/mol. The van der Waals surface area contributed by atoms with Crippen LogP contribution in [-0.4, -0.2) is 89.9 Å². The van der Waals surface area contributed by atoms with E-state index in [-0.39, 0.29) is 24.7 Å². The van der Waals surface area contributed by atoms with Crippen molar-refractivity contribution in [3.63, 3.8) is 0 Å². The van der Waals surface area contributed by atoms with Gasteiger partial charge >= 0.3 is 12.2 Å². The SMILES string of the molecule is CC(C)(C)OC(=O)N1CCC(=O)C1.CN(C)/C=C1\CN(C(=O)OC(C)(C)C)CC1=O. The van der Waals surface area contributed by atoms with Crippen LogP contribution in [0.2, 0.25) is 0 Å². The predicted molar refractivity (Wildman–Crippen MR) is 112 cm³/mol. The molecule has 0 bridgehead atoms. The van der Waals surface area contributed by atoms with Crippen molar-refractivity contribution < 1.29 is 28.7 Å². The predicted octanol–water partition coefficient (Wildman–Crippen LogP) is 2.45. The van der Waals surface area contributed by atoms with Gasteiger partial charge in [-0.3, -0.25) is 14.5 Å². The summed E-state index contributed by atoms with van der Waals surface area (Å²) in [6.07, 6.45) is 1.37. The topological polar surface area (TPSA) is 96.5 Å². The van der Waals surface area contributed by atoms with Crippen LogP contribution in [0.4, 0.5) is 9.59 Å². The molecule has 170 valence electrons. The van der Waals surface area contributed by atoms with Crippen molar-refractivity contribution >= 4 is 23.8 Å². The smallest absolute Gasteiger partial charge is 0.411 e. The lowest BCUT2D eigenvalue weighted by molar-refractivity contribution is -0.117. The highest BCUT2D eigenvalue weighted by Gasteiger charge is 2.32. The standard InChI is InChI=1S/C12H20N2O3.C9H15NO3/c1-12(2,3)17-11(16)14-7-9(6-13(4)5)10(15)8-14;1-9(2,3)13-8(12)10-5-4-7(11)6-10/h6H,7-8H2,1-5H3;4-6H2,1-3H3/b9-6+;. The number of likely N-dealkylation sites (tertiary alicyclic amines) is 2. The molecule has 9 nitrogen and oxygen atoms in total. The fraction of sp³-hybridized carbons (Fsp3) is 0.714. The molecule has 2 aliphatic heterocycles. The van der Waals surface area contributed by atoms with Crippen LogP contribution >= 0.6 is 0 Å². The Morgan fingerprint density at radius 3 is 1.77 bits per heavy atom. The molecule has 2 rings (SSSR count). The number of ketones is 2. The van der Waals surface area contributed by atoms with Crippen LogP contribution in [-0.2, 0) is 19.1 Å². The molecule has 0 aromatic carbocycles. The Balaban J connectivity index is 0.000000311. The van der Waals surface area contributed by atoms with E-state index in [4.69, 9.17) is 9.47 Å². The Morgan fingerprint density at radius 1 is 0.867 bits per heavy atom. The van der Waals surface area contributed by atoms with Gasteiger partial charge < -0.3 is 19.3 Å². The van der Waals surface area contributed by atoms with Gasteiger partial charge in [0.1, 0.15) is 11.2 Å². The maximum absolute atomic E-state index is 11.7. The van der Waals surface area contributed by atoms with E-state index in [0.717, 1.165) is 0 Å². The third kappa shape index (κ3) is 9.28. The minimum absolute atomic E-state index is 0.0236. The molecule has 0 aromatic heterocycles. The van der Waals surface area contributed by atoms with E-state index in [9.17, 15) is 19.2 Å². The minimum Gasteiger partial charge on any atom is -0.444 e. The van der Waals surface area contributed by atoms with Crippen molar-refractivity contribution in [2.24, 2.45) is 0 Å². The first kappa shape index (κ1) is 25.5. The summed E-state index contributed by atoms with van der Waals surface area (Å²) < 4.78 is 10.3. The van der Waals surface area contributed by atoms with Crippen LogP contribution in [0.25, 0.3) is 0 Å². The van der Waals surface area contributed by atoms with Gasteiger partial charge in [0, 0.05) is 38.8 Å². The van der Waals surface area contributed by atoms with Gasteiger partial charge in [0.2, 0.25) is 0 Å². The molecule has 30 heavy (non-hydrogen) atoms. The number of Topliss-reactive ketones (excluding diaryl/α,β-unsaturated/α-hetero) is 2. The van der Waals surface area contributed by atoms with Crippen molar-refractivity contribution in [1.82, 2.24) is 14.7 Å². The second kappa shape index (κ2) is 9.95. The highest BCUT2D eigenvalue weighted by molar-refractivity contribution is 6.01. The number of ether oxygens (including phenoxy) is 2. The first-order chi connectivity index (χ1) is 13.6. The van der Waals surface area contributed by atoms with E-state index in [0.29, 0.717) is 25.1 Å². The van der Waals surface area contributed by atoms with Gasteiger partial charge in [-0.1, -0.05) is 0 Å². The summed E-state index contributed by atoms with van der Waals surface area (Å²) in [4.78, 5) is 50.3. The van der Waals surface area contributed by atoms with Crippen LogP contribution < -0.4 is 0 Å². The van der Waals surface area contributed by atoms with Crippen LogP contribution in [0.5, 0.6) is 0 Å². The highest BCUT2D eigenvalue weighted by Crippen LogP contribution is 2.17. The quantitative estimate of drug-likeness (QED) is 0.595. The van der Waals surface area contributed by atoms with E-state index in [1.165, 1.54) is 9.80 Å². The largest absolute Gasteiger partial charge is 0.444 e. The minimum atomic E-state index is -0.534. The summed E-state index contributed by atoms with van der Waals surface area (Å²) in [6.45, 7) is 12.0. The highest BCUT2D eigenvalue weighted by atomic mass is 16.6. The first-order valence-electron chi connectivity index (χ1n) is 9.95. The van der Waals surface area contributed by atoms with Gasteiger partial charge in [-0.05, 0) is 41.5 Å². The zero-order valence-corrected chi connectivity index (χ0v) is 19.4. The number of carbonyl (C=O) groups excluding carboxylic acids is 4. The van der Waals surface area contributed by atoms with Crippen LogP contribution in [0.3, 0.4) is 0 Å². The molecule has 0 aliphatic carbocycles. The fourth-order valence-corrected chi connectivity index (χ4v) is 2.62. The van der Waals surface area contributed by atoms with Crippen molar-refractivity contribution in [3.05, 3.63) is 11.8 Å². The van der Waals surface area contributed by atoms with Gasteiger partial charge in [-0.15, -0.1) is 0 Å². The maximum atomic E-state index is 11.7. The number of rotatable bonds is 1. The second-order valence-corrected chi connectivity index (χ2v) is 9.57. The molecule has 2 saturated heterocycles. The lowest BCUT2D eigenvalue weighted by Crippen LogP contribution is -2.35. The number of nitrogens with zero attached hydrogens (tertiary/aromatic N) is 3. The van der Waals surface area contributed by atoms with Crippen molar-refractivity contribution in [2.75, 3.05) is 40.3 Å². The molecule has 2 amide bonds. The average Bonchev–Trinajstić information content (AvgIpc) is 3.11. The number of hydrogen-bond donors (Lipinski definition) is 0. The van der Waals surface area contributed by atoms with Gasteiger partial charge in [-0.2, -0.15) is 0 Å². The molecule has 2 fully saturated rings. The van der Waals surface area contributed by atoms with Crippen LogP contribution in [0.1, 0.15) is 48.0 Å². The summed E-state index contributed by atoms with van der Waals surface area (Å²) in [6, 6.07) is 0. The molecule has 0 atom stereocenters. The summed E-state index contributed by atoms with van der Waals surface area (Å²) in [7, 11) is 3.69. The lowest BCUT2D eigenvalue weighted by atomic mass is 10.2. The summed E-state index contributed by atoms with van der Waals surface area (Å²) in [5.74, 6) is 0.0791. The lowest BCUT2D eigenvalue weighted by Gasteiger charge is -2.23. The van der Waals surface area contributed by atoms with E-state index in [2.05, 4.69) is 0 Å².